The molecular weight excluding hydrogens is 677 g/mol. The molecule has 0 N–H and O–H groups in total. The summed E-state index contributed by atoms with van der Waals surface area (Å²) in [5, 5.41) is 7.34. The van der Waals surface area contributed by atoms with Crippen molar-refractivity contribution in [3.8, 4) is 56.0 Å². The molecule has 1 nitrogen and oxygen atoms in total. The lowest BCUT2D eigenvalue weighted by Gasteiger charge is -2.35. The quantitative estimate of drug-likeness (QED) is 0.177. The Labute approximate surface area is 325 Å². The van der Waals surface area contributed by atoms with Crippen molar-refractivity contribution in [3.05, 3.63) is 229 Å². The number of hydrogen-bond acceptors (Lipinski definition) is 1. The lowest BCUT2D eigenvalue weighted by molar-refractivity contribution is 0.487. The summed E-state index contributed by atoms with van der Waals surface area (Å²) < 4.78 is 6.58. The van der Waals surface area contributed by atoms with Gasteiger partial charge in [-0.2, -0.15) is 0 Å². The van der Waals surface area contributed by atoms with Gasteiger partial charge in [0.2, 0.25) is 0 Å². The second-order valence-electron chi connectivity index (χ2n) is 15.2. The highest BCUT2D eigenvalue weighted by molar-refractivity contribution is 6.07. The van der Waals surface area contributed by atoms with E-state index in [2.05, 4.69) is 206 Å². The van der Waals surface area contributed by atoms with Crippen LogP contribution in [-0.2, 0) is 5.41 Å². The minimum Gasteiger partial charge on any atom is -0.456 e. The van der Waals surface area contributed by atoms with Gasteiger partial charge >= 0.3 is 0 Å². The molecule has 0 amide bonds. The Morgan fingerprint density at radius 3 is 1.79 bits per heavy atom. The van der Waals surface area contributed by atoms with Crippen LogP contribution < -0.4 is 4.74 Å². The molecule has 0 spiro atoms. The molecule has 0 bridgehead atoms. The van der Waals surface area contributed by atoms with Crippen LogP contribution in [0.2, 0.25) is 0 Å². The van der Waals surface area contributed by atoms with E-state index in [1.807, 2.05) is 0 Å². The molecule has 10 aromatic carbocycles. The fraction of sp³-hybridized carbons (Fsp3) is 0.0182. The fourth-order valence-corrected chi connectivity index (χ4v) is 9.88. The summed E-state index contributed by atoms with van der Waals surface area (Å²) in [6, 6.07) is 76.1. The molecule has 260 valence electrons. The van der Waals surface area contributed by atoms with Crippen LogP contribution in [0.1, 0.15) is 22.3 Å². The first kappa shape index (κ1) is 31.2. The van der Waals surface area contributed by atoms with Crippen LogP contribution in [0, 0.1) is 0 Å². The maximum atomic E-state index is 6.58. The van der Waals surface area contributed by atoms with Gasteiger partial charge in [-0.1, -0.05) is 170 Å². The van der Waals surface area contributed by atoms with E-state index in [1.165, 1.54) is 88.0 Å². The topological polar surface area (TPSA) is 9.23 Å². The molecule has 0 unspecified atom stereocenters. The smallest absolute Gasteiger partial charge is 0.135 e. The maximum Gasteiger partial charge on any atom is 0.135 e. The van der Waals surface area contributed by atoms with Crippen LogP contribution in [0.3, 0.4) is 0 Å². The van der Waals surface area contributed by atoms with Crippen LogP contribution >= 0.6 is 0 Å². The van der Waals surface area contributed by atoms with E-state index in [9.17, 15) is 0 Å². The summed E-state index contributed by atoms with van der Waals surface area (Å²) in [5.41, 5.74) is 14.2. The summed E-state index contributed by atoms with van der Waals surface area (Å²) in [6.45, 7) is 0. The summed E-state index contributed by atoms with van der Waals surface area (Å²) in [6.07, 6.45) is 0. The fourth-order valence-electron chi connectivity index (χ4n) is 9.88. The molecule has 0 atom stereocenters. The Hall–Kier alpha value is -7.22. The van der Waals surface area contributed by atoms with Crippen molar-refractivity contribution in [2.75, 3.05) is 0 Å². The van der Waals surface area contributed by atoms with Gasteiger partial charge in [-0.25, -0.2) is 0 Å². The molecule has 1 heterocycles. The number of fused-ring (bicyclic) bond motifs is 8. The minimum absolute atomic E-state index is 0.586. The molecule has 0 fully saturated rings. The van der Waals surface area contributed by atoms with Gasteiger partial charge in [0.25, 0.3) is 0 Å². The molecular formula is C55H34O. The zero-order chi connectivity index (χ0) is 36.8. The van der Waals surface area contributed by atoms with Crippen molar-refractivity contribution in [3.63, 3.8) is 0 Å². The van der Waals surface area contributed by atoms with E-state index in [1.54, 1.807) is 0 Å². The summed E-state index contributed by atoms with van der Waals surface area (Å²) in [7, 11) is 0. The van der Waals surface area contributed by atoms with Crippen LogP contribution in [0.15, 0.2) is 206 Å². The molecule has 12 rings (SSSR count). The number of rotatable bonds is 4. The zero-order valence-electron chi connectivity index (χ0n) is 30.5. The average molecular weight is 711 g/mol. The van der Waals surface area contributed by atoms with Crippen molar-refractivity contribution in [1.82, 2.24) is 0 Å². The monoisotopic (exact) mass is 710 g/mol. The van der Waals surface area contributed by atoms with Gasteiger partial charge in [0.1, 0.15) is 11.5 Å². The molecule has 56 heavy (non-hydrogen) atoms. The predicted octanol–water partition coefficient (Wildman–Crippen LogP) is 14.6. The van der Waals surface area contributed by atoms with Crippen molar-refractivity contribution >= 4 is 32.3 Å². The Balaban J connectivity index is 1.22. The minimum atomic E-state index is -0.586. The Morgan fingerprint density at radius 1 is 0.339 bits per heavy atom. The predicted molar refractivity (Wildman–Crippen MR) is 233 cm³/mol. The van der Waals surface area contributed by atoms with Gasteiger partial charge in [0, 0.05) is 10.9 Å². The molecule has 1 aliphatic heterocycles. The third kappa shape index (κ3) is 4.37. The van der Waals surface area contributed by atoms with E-state index >= 15 is 0 Å². The highest BCUT2D eigenvalue weighted by atomic mass is 16.5. The third-order valence-electron chi connectivity index (χ3n) is 12.3. The molecule has 0 aromatic heterocycles. The standard InChI is InChI=1S/C55H34O/c1-3-18-42(19-4-1)55(43-20-5-2-6-21-43)49-34-41(39-28-30-50-48(32-39)45-23-11-16-37-17-12-24-51(56-50)52(37)45)33-47(40-26-25-35-13-7-8-15-38(35)31-40)53(49)46-29-27-36-14-9-10-22-44(36)54(46)55/h1-34H. The molecule has 0 radical (unpaired) electrons. The van der Waals surface area contributed by atoms with Crippen LogP contribution in [0.25, 0.3) is 76.8 Å². The lowest BCUT2D eigenvalue weighted by atomic mass is 9.66. The average Bonchev–Trinajstić information content (AvgIpc) is 3.58. The van der Waals surface area contributed by atoms with Crippen molar-refractivity contribution in [2.45, 2.75) is 5.41 Å². The molecule has 0 saturated heterocycles. The second kappa shape index (κ2) is 11.9. The third-order valence-corrected chi connectivity index (χ3v) is 12.3. The highest BCUT2D eigenvalue weighted by Gasteiger charge is 2.48. The van der Waals surface area contributed by atoms with Crippen molar-refractivity contribution < 1.29 is 4.74 Å². The number of ether oxygens (including phenoxy) is 1. The molecule has 1 heteroatoms. The van der Waals surface area contributed by atoms with E-state index in [0.717, 1.165) is 22.6 Å². The molecule has 2 aliphatic rings. The van der Waals surface area contributed by atoms with Crippen LogP contribution in [0.4, 0.5) is 0 Å². The van der Waals surface area contributed by atoms with E-state index in [0.29, 0.717) is 0 Å². The van der Waals surface area contributed by atoms with E-state index in [-0.39, 0.29) is 0 Å². The SMILES string of the molecule is c1ccc(C2(c3ccccc3)c3cc(-c4ccc5c(c4)-c4cccc6cccc(c46)O5)cc(-c4ccc5ccccc5c4)c3-c3ccc4ccccc4c32)cc1. The Bertz CT molecular complexity index is 3170. The van der Waals surface area contributed by atoms with Crippen molar-refractivity contribution in [1.29, 1.82) is 0 Å². The summed E-state index contributed by atoms with van der Waals surface area (Å²) in [5.74, 6) is 1.80. The van der Waals surface area contributed by atoms with Gasteiger partial charge in [-0.05, 0) is 125 Å². The maximum absolute atomic E-state index is 6.58. The summed E-state index contributed by atoms with van der Waals surface area (Å²) in [4.78, 5) is 0. The molecule has 0 saturated carbocycles. The van der Waals surface area contributed by atoms with Gasteiger partial charge in [0.05, 0.1) is 5.41 Å². The van der Waals surface area contributed by atoms with E-state index in [4.69, 9.17) is 4.74 Å². The number of benzene rings is 10. The largest absolute Gasteiger partial charge is 0.456 e. The summed E-state index contributed by atoms with van der Waals surface area (Å²) >= 11 is 0. The Kier molecular flexibility index (Phi) is 6.62. The normalized spacial score (nSPS) is 13.3. The second-order valence-corrected chi connectivity index (χ2v) is 15.2. The number of hydrogen-bond donors (Lipinski definition) is 0. The molecule has 1 aliphatic carbocycles. The van der Waals surface area contributed by atoms with E-state index < -0.39 is 5.41 Å². The zero-order valence-corrected chi connectivity index (χ0v) is 30.5. The first-order valence-electron chi connectivity index (χ1n) is 19.4. The first-order chi connectivity index (χ1) is 27.8. The van der Waals surface area contributed by atoms with Crippen molar-refractivity contribution in [2.24, 2.45) is 0 Å². The first-order valence-corrected chi connectivity index (χ1v) is 19.4. The molecule has 10 aromatic rings. The van der Waals surface area contributed by atoms with Gasteiger partial charge < -0.3 is 4.74 Å². The lowest BCUT2D eigenvalue weighted by Crippen LogP contribution is -2.29. The van der Waals surface area contributed by atoms with Gasteiger partial charge in [0.15, 0.2) is 0 Å². The van der Waals surface area contributed by atoms with Crippen LogP contribution in [-0.4, -0.2) is 0 Å². The van der Waals surface area contributed by atoms with Crippen LogP contribution in [0.5, 0.6) is 11.5 Å². The van der Waals surface area contributed by atoms with Gasteiger partial charge in [-0.15, -0.1) is 0 Å². The highest BCUT2D eigenvalue weighted by Crippen LogP contribution is 2.61. The van der Waals surface area contributed by atoms with Gasteiger partial charge in [-0.3, -0.25) is 0 Å². The Morgan fingerprint density at radius 2 is 0.982 bits per heavy atom.